The SMILES string of the molecule is CCCNC(=O)OCCNC. The molecule has 0 spiro atoms. The molecule has 0 aromatic carbocycles. The van der Waals surface area contributed by atoms with E-state index in [1.807, 2.05) is 14.0 Å². The van der Waals surface area contributed by atoms with E-state index >= 15 is 0 Å². The molecule has 0 bridgehead atoms. The molecule has 1 amide bonds. The Morgan fingerprint density at radius 1 is 1.45 bits per heavy atom. The molecule has 0 heterocycles. The van der Waals surface area contributed by atoms with E-state index in [0.29, 0.717) is 19.7 Å². The largest absolute Gasteiger partial charge is 0.448 e. The molecule has 0 atom stereocenters. The maximum absolute atomic E-state index is 10.7. The monoisotopic (exact) mass is 160 g/mol. The molecule has 66 valence electrons. The predicted octanol–water partition coefficient (Wildman–Crippen LogP) is 0.342. The number of nitrogens with one attached hydrogen (secondary N) is 2. The first-order chi connectivity index (χ1) is 5.31. The average Bonchev–Trinajstić information content (AvgIpc) is 2.01. The third-order valence-corrected chi connectivity index (χ3v) is 1.10. The fourth-order valence-corrected chi connectivity index (χ4v) is 0.524. The Balaban J connectivity index is 3.09. The van der Waals surface area contributed by atoms with Crippen LogP contribution in [0.15, 0.2) is 0 Å². The number of rotatable bonds is 5. The zero-order valence-electron chi connectivity index (χ0n) is 7.14. The van der Waals surface area contributed by atoms with Crippen molar-refractivity contribution < 1.29 is 9.53 Å². The Kier molecular flexibility index (Phi) is 6.82. The highest BCUT2D eigenvalue weighted by molar-refractivity contribution is 5.66. The lowest BCUT2D eigenvalue weighted by atomic mass is 10.5. The summed E-state index contributed by atoms with van der Waals surface area (Å²) in [6.45, 7) is 3.79. The first-order valence-corrected chi connectivity index (χ1v) is 3.86. The van der Waals surface area contributed by atoms with Gasteiger partial charge < -0.3 is 15.4 Å². The molecule has 0 radical (unpaired) electrons. The summed E-state index contributed by atoms with van der Waals surface area (Å²) in [4.78, 5) is 10.7. The standard InChI is InChI=1S/C7H16N2O2/c1-3-4-9-7(10)11-6-5-8-2/h8H,3-6H2,1-2H3,(H,9,10). The molecular formula is C7H16N2O2. The van der Waals surface area contributed by atoms with Crippen molar-refractivity contribution >= 4 is 6.09 Å². The summed E-state index contributed by atoms with van der Waals surface area (Å²) >= 11 is 0. The third kappa shape index (κ3) is 7.12. The Bertz CT molecular complexity index is 107. The van der Waals surface area contributed by atoms with Crippen LogP contribution in [-0.2, 0) is 4.74 Å². The normalized spacial score (nSPS) is 9.27. The van der Waals surface area contributed by atoms with Crippen molar-refractivity contribution in [2.75, 3.05) is 26.7 Å². The lowest BCUT2D eigenvalue weighted by Gasteiger charge is -2.04. The summed E-state index contributed by atoms with van der Waals surface area (Å²) in [5, 5.41) is 5.48. The minimum absolute atomic E-state index is 0.331. The quantitative estimate of drug-likeness (QED) is 0.570. The number of hydrogen-bond donors (Lipinski definition) is 2. The highest BCUT2D eigenvalue weighted by atomic mass is 16.5. The van der Waals surface area contributed by atoms with Crippen LogP contribution in [0.1, 0.15) is 13.3 Å². The van der Waals surface area contributed by atoms with Crippen molar-refractivity contribution in [3.05, 3.63) is 0 Å². The molecule has 11 heavy (non-hydrogen) atoms. The van der Waals surface area contributed by atoms with Crippen molar-refractivity contribution in [3.8, 4) is 0 Å². The van der Waals surface area contributed by atoms with Gasteiger partial charge in [-0.05, 0) is 13.5 Å². The van der Waals surface area contributed by atoms with Crippen LogP contribution >= 0.6 is 0 Å². The van der Waals surface area contributed by atoms with Crippen LogP contribution in [0.2, 0.25) is 0 Å². The molecule has 4 heteroatoms. The Morgan fingerprint density at radius 3 is 2.73 bits per heavy atom. The zero-order chi connectivity index (χ0) is 8.53. The van der Waals surface area contributed by atoms with Crippen LogP contribution in [0.3, 0.4) is 0 Å². The zero-order valence-corrected chi connectivity index (χ0v) is 7.14. The molecule has 0 aromatic rings. The lowest BCUT2D eigenvalue weighted by Crippen LogP contribution is -2.27. The van der Waals surface area contributed by atoms with E-state index in [9.17, 15) is 4.79 Å². The second-order valence-corrected chi connectivity index (χ2v) is 2.17. The van der Waals surface area contributed by atoms with E-state index in [0.717, 1.165) is 6.42 Å². The molecule has 0 saturated carbocycles. The van der Waals surface area contributed by atoms with Crippen LogP contribution in [0, 0.1) is 0 Å². The first kappa shape index (κ1) is 10.2. The molecular weight excluding hydrogens is 144 g/mol. The predicted molar refractivity (Wildman–Crippen MR) is 43.6 cm³/mol. The number of carbonyl (C=O) groups is 1. The van der Waals surface area contributed by atoms with Gasteiger partial charge in [-0.25, -0.2) is 4.79 Å². The first-order valence-electron chi connectivity index (χ1n) is 3.86. The van der Waals surface area contributed by atoms with Gasteiger partial charge in [-0.15, -0.1) is 0 Å². The average molecular weight is 160 g/mol. The van der Waals surface area contributed by atoms with Gasteiger partial charge >= 0.3 is 6.09 Å². The highest BCUT2D eigenvalue weighted by Gasteiger charge is 1.97. The molecule has 0 rings (SSSR count). The van der Waals surface area contributed by atoms with Crippen molar-refractivity contribution in [2.24, 2.45) is 0 Å². The van der Waals surface area contributed by atoms with Gasteiger partial charge in [0.15, 0.2) is 0 Å². The van der Waals surface area contributed by atoms with E-state index in [2.05, 4.69) is 10.6 Å². The smallest absolute Gasteiger partial charge is 0.407 e. The lowest BCUT2D eigenvalue weighted by molar-refractivity contribution is 0.147. The number of hydrogen-bond acceptors (Lipinski definition) is 3. The second-order valence-electron chi connectivity index (χ2n) is 2.17. The van der Waals surface area contributed by atoms with Crippen molar-refractivity contribution in [3.63, 3.8) is 0 Å². The van der Waals surface area contributed by atoms with Crippen LogP contribution in [0.5, 0.6) is 0 Å². The van der Waals surface area contributed by atoms with Gasteiger partial charge in [0.2, 0.25) is 0 Å². The van der Waals surface area contributed by atoms with Crippen molar-refractivity contribution in [1.82, 2.24) is 10.6 Å². The number of alkyl carbamates (subject to hydrolysis) is 1. The van der Waals surface area contributed by atoms with Gasteiger partial charge in [-0.2, -0.15) is 0 Å². The van der Waals surface area contributed by atoms with Crippen LogP contribution in [0.25, 0.3) is 0 Å². The highest BCUT2D eigenvalue weighted by Crippen LogP contribution is 1.77. The van der Waals surface area contributed by atoms with Gasteiger partial charge in [0.1, 0.15) is 6.61 Å². The number of likely N-dealkylation sites (N-methyl/N-ethyl adjacent to an activating group) is 1. The maximum atomic E-state index is 10.7. The van der Waals surface area contributed by atoms with Crippen molar-refractivity contribution in [1.29, 1.82) is 0 Å². The topological polar surface area (TPSA) is 50.4 Å². The molecule has 4 nitrogen and oxygen atoms in total. The summed E-state index contributed by atoms with van der Waals surface area (Å²) in [7, 11) is 1.81. The van der Waals surface area contributed by atoms with E-state index < -0.39 is 0 Å². The van der Waals surface area contributed by atoms with E-state index in [-0.39, 0.29) is 6.09 Å². The molecule has 0 aliphatic rings. The van der Waals surface area contributed by atoms with Gasteiger partial charge in [0, 0.05) is 13.1 Å². The molecule has 2 N–H and O–H groups in total. The summed E-state index contributed by atoms with van der Waals surface area (Å²) in [5.41, 5.74) is 0. The molecule has 0 aliphatic carbocycles. The van der Waals surface area contributed by atoms with Gasteiger partial charge in [-0.3, -0.25) is 0 Å². The van der Waals surface area contributed by atoms with Crippen LogP contribution in [-0.4, -0.2) is 32.8 Å². The minimum Gasteiger partial charge on any atom is -0.448 e. The van der Waals surface area contributed by atoms with Gasteiger partial charge in [0.05, 0.1) is 0 Å². The minimum atomic E-state index is -0.331. The fourth-order valence-electron chi connectivity index (χ4n) is 0.524. The summed E-state index contributed by atoms with van der Waals surface area (Å²) in [5.74, 6) is 0. The number of ether oxygens (including phenoxy) is 1. The number of carbonyl (C=O) groups excluding carboxylic acids is 1. The van der Waals surface area contributed by atoms with Gasteiger partial charge in [-0.1, -0.05) is 6.92 Å². The summed E-state index contributed by atoms with van der Waals surface area (Å²) in [6.07, 6.45) is 0.600. The van der Waals surface area contributed by atoms with E-state index in [4.69, 9.17) is 4.74 Å². The van der Waals surface area contributed by atoms with Crippen molar-refractivity contribution in [2.45, 2.75) is 13.3 Å². The molecule has 0 aliphatic heterocycles. The second kappa shape index (κ2) is 7.34. The van der Waals surface area contributed by atoms with E-state index in [1.165, 1.54) is 0 Å². The molecule has 0 unspecified atom stereocenters. The Hall–Kier alpha value is -0.770. The molecule has 0 aromatic heterocycles. The van der Waals surface area contributed by atoms with Gasteiger partial charge in [0.25, 0.3) is 0 Å². The van der Waals surface area contributed by atoms with Crippen LogP contribution in [0.4, 0.5) is 4.79 Å². The number of amides is 1. The molecule has 0 fully saturated rings. The summed E-state index contributed by atoms with van der Waals surface area (Å²) < 4.78 is 4.77. The Labute approximate surface area is 67.3 Å². The third-order valence-electron chi connectivity index (χ3n) is 1.10. The summed E-state index contributed by atoms with van der Waals surface area (Å²) in [6, 6.07) is 0. The molecule has 0 saturated heterocycles. The Morgan fingerprint density at radius 2 is 2.18 bits per heavy atom. The van der Waals surface area contributed by atoms with E-state index in [1.54, 1.807) is 0 Å². The maximum Gasteiger partial charge on any atom is 0.407 e. The fraction of sp³-hybridized carbons (Fsp3) is 0.857. The van der Waals surface area contributed by atoms with Crippen LogP contribution < -0.4 is 10.6 Å².